The third-order valence-corrected chi connectivity index (χ3v) is 5.66. The maximum Gasteiger partial charge on any atom is 0.273 e. The number of anilines is 1. The van der Waals surface area contributed by atoms with Crippen molar-refractivity contribution >= 4 is 17.8 Å². The number of likely N-dealkylation sites (N-methyl/N-ethyl adjacent to an activating group) is 1. The minimum Gasteiger partial charge on any atom is -0.365 e. The predicted octanol–water partition coefficient (Wildman–Crippen LogP) is 0.543. The van der Waals surface area contributed by atoms with Gasteiger partial charge in [0.05, 0.1) is 13.2 Å². The first-order valence-corrected chi connectivity index (χ1v) is 9.94. The van der Waals surface area contributed by atoms with Gasteiger partial charge in [0, 0.05) is 37.9 Å². The second-order valence-corrected chi connectivity index (χ2v) is 7.42. The van der Waals surface area contributed by atoms with E-state index < -0.39 is 6.10 Å². The monoisotopic (exact) mass is 373 g/mol. The van der Waals surface area contributed by atoms with Gasteiger partial charge in [-0.3, -0.25) is 9.59 Å². The normalized spacial score (nSPS) is 22.5. The lowest BCUT2D eigenvalue weighted by Gasteiger charge is -2.32. The number of nitrogens with zero attached hydrogens (tertiary/aromatic N) is 4. The molecule has 1 unspecified atom stereocenters. The Labute approximate surface area is 159 Å². The first kappa shape index (κ1) is 18.2. The first-order valence-electron chi connectivity index (χ1n) is 9.94. The smallest absolute Gasteiger partial charge is 0.273 e. The van der Waals surface area contributed by atoms with Crippen LogP contribution in [0.5, 0.6) is 0 Å². The second-order valence-electron chi connectivity index (χ2n) is 7.42. The number of aryl methyl sites for hydroxylation is 1. The van der Waals surface area contributed by atoms with Gasteiger partial charge in [0.15, 0.2) is 6.10 Å². The van der Waals surface area contributed by atoms with Crippen molar-refractivity contribution in [3.63, 3.8) is 0 Å². The lowest BCUT2D eigenvalue weighted by molar-refractivity contribution is -0.136. The number of carbonyl (C=O) groups excluding carboxylic acids is 2. The van der Waals surface area contributed by atoms with Crippen molar-refractivity contribution in [3.05, 3.63) is 17.0 Å². The molecule has 2 aliphatic heterocycles. The molecule has 1 N–H and O–H groups in total. The Bertz CT molecular complexity index is 732. The number of morpholine rings is 1. The van der Waals surface area contributed by atoms with E-state index in [9.17, 15) is 9.59 Å². The van der Waals surface area contributed by atoms with Crippen molar-refractivity contribution < 1.29 is 14.3 Å². The van der Waals surface area contributed by atoms with E-state index in [1.807, 2.05) is 0 Å². The van der Waals surface area contributed by atoms with E-state index in [0.29, 0.717) is 24.8 Å². The molecule has 2 saturated heterocycles. The molecule has 3 aliphatic rings. The molecule has 1 aromatic rings. The standard InChI is InChI=1S/C19H27N5O3/c1-20-17(25)15-12-24(10-11-27-15)18(26)16-13-6-2-3-7-14(13)21-19(22-16)23-8-4-5-9-23/h15H,2-12H2,1H3,(H,20,25). The zero-order chi connectivity index (χ0) is 18.8. The van der Waals surface area contributed by atoms with Gasteiger partial charge in [0.1, 0.15) is 5.69 Å². The molecule has 1 aromatic heterocycles. The van der Waals surface area contributed by atoms with Gasteiger partial charge in [-0.25, -0.2) is 9.97 Å². The van der Waals surface area contributed by atoms with Crippen LogP contribution in [0.1, 0.15) is 47.4 Å². The van der Waals surface area contributed by atoms with Crippen LogP contribution in [-0.4, -0.2) is 72.6 Å². The molecule has 1 aliphatic carbocycles. The van der Waals surface area contributed by atoms with Crippen LogP contribution in [0.25, 0.3) is 0 Å². The molecular formula is C19H27N5O3. The number of hydrogen-bond acceptors (Lipinski definition) is 6. The Hall–Kier alpha value is -2.22. The molecular weight excluding hydrogens is 346 g/mol. The van der Waals surface area contributed by atoms with Crippen LogP contribution in [0.15, 0.2) is 0 Å². The highest BCUT2D eigenvalue weighted by Gasteiger charge is 2.32. The maximum atomic E-state index is 13.3. The van der Waals surface area contributed by atoms with Gasteiger partial charge < -0.3 is 19.9 Å². The number of rotatable bonds is 3. The van der Waals surface area contributed by atoms with Crippen molar-refractivity contribution in [2.24, 2.45) is 0 Å². The minimum atomic E-state index is -0.622. The molecule has 8 heteroatoms. The molecule has 2 fully saturated rings. The summed E-state index contributed by atoms with van der Waals surface area (Å²) in [6.45, 7) is 2.99. The highest BCUT2D eigenvalue weighted by atomic mass is 16.5. The molecule has 27 heavy (non-hydrogen) atoms. The zero-order valence-corrected chi connectivity index (χ0v) is 15.9. The van der Waals surface area contributed by atoms with E-state index >= 15 is 0 Å². The molecule has 4 rings (SSSR count). The van der Waals surface area contributed by atoms with E-state index in [0.717, 1.165) is 62.9 Å². The minimum absolute atomic E-state index is 0.104. The molecule has 3 heterocycles. The number of fused-ring (bicyclic) bond motifs is 1. The van der Waals surface area contributed by atoms with E-state index in [-0.39, 0.29) is 18.4 Å². The third kappa shape index (κ3) is 3.63. The summed E-state index contributed by atoms with van der Waals surface area (Å²) in [6.07, 6.45) is 5.57. The lowest BCUT2D eigenvalue weighted by Crippen LogP contribution is -2.51. The fourth-order valence-corrected chi connectivity index (χ4v) is 4.12. The van der Waals surface area contributed by atoms with Gasteiger partial charge in [-0.2, -0.15) is 0 Å². The summed E-state index contributed by atoms with van der Waals surface area (Å²) in [5.74, 6) is 0.385. The molecule has 1 atom stereocenters. The van der Waals surface area contributed by atoms with Crippen LogP contribution < -0.4 is 10.2 Å². The van der Waals surface area contributed by atoms with Gasteiger partial charge in [-0.05, 0) is 38.5 Å². The summed E-state index contributed by atoms with van der Waals surface area (Å²) < 4.78 is 5.52. The second kappa shape index (κ2) is 7.80. The third-order valence-electron chi connectivity index (χ3n) is 5.66. The van der Waals surface area contributed by atoms with Gasteiger partial charge in [-0.15, -0.1) is 0 Å². The van der Waals surface area contributed by atoms with Crippen LogP contribution in [0.3, 0.4) is 0 Å². The Morgan fingerprint density at radius 3 is 2.63 bits per heavy atom. The average Bonchev–Trinajstić information content (AvgIpc) is 3.27. The van der Waals surface area contributed by atoms with Crippen LogP contribution in [0.2, 0.25) is 0 Å². The molecule has 0 radical (unpaired) electrons. The molecule has 146 valence electrons. The van der Waals surface area contributed by atoms with Gasteiger partial charge in [0.2, 0.25) is 5.95 Å². The average molecular weight is 373 g/mol. The van der Waals surface area contributed by atoms with E-state index in [2.05, 4.69) is 10.2 Å². The largest absolute Gasteiger partial charge is 0.365 e. The summed E-state index contributed by atoms with van der Waals surface area (Å²) >= 11 is 0. The fourth-order valence-electron chi connectivity index (χ4n) is 4.12. The summed E-state index contributed by atoms with van der Waals surface area (Å²) in [5.41, 5.74) is 2.55. The molecule has 2 amide bonds. The number of amides is 2. The van der Waals surface area contributed by atoms with Crippen molar-refractivity contribution in [2.45, 2.75) is 44.6 Å². The van der Waals surface area contributed by atoms with Gasteiger partial charge in [0.25, 0.3) is 11.8 Å². The molecule has 0 saturated carbocycles. The number of nitrogens with one attached hydrogen (secondary N) is 1. The topological polar surface area (TPSA) is 87.7 Å². The van der Waals surface area contributed by atoms with Crippen molar-refractivity contribution in [1.29, 1.82) is 0 Å². The highest BCUT2D eigenvalue weighted by Crippen LogP contribution is 2.27. The van der Waals surface area contributed by atoms with Gasteiger partial charge in [-0.1, -0.05) is 0 Å². The van der Waals surface area contributed by atoms with Crippen LogP contribution in [0.4, 0.5) is 5.95 Å². The molecule has 8 nitrogen and oxygen atoms in total. The van der Waals surface area contributed by atoms with E-state index in [1.165, 1.54) is 0 Å². The summed E-state index contributed by atoms with van der Waals surface area (Å²) in [6, 6.07) is 0. The molecule has 0 spiro atoms. The lowest BCUT2D eigenvalue weighted by atomic mass is 9.94. The van der Waals surface area contributed by atoms with Crippen LogP contribution in [0, 0.1) is 0 Å². The Balaban J connectivity index is 1.64. The maximum absolute atomic E-state index is 13.3. The summed E-state index contributed by atoms with van der Waals surface area (Å²) in [5, 5.41) is 2.60. The summed E-state index contributed by atoms with van der Waals surface area (Å²) in [4.78, 5) is 38.6. The predicted molar refractivity (Wildman–Crippen MR) is 99.8 cm³/mol. The van der Waals surface area contributed by atoms with Crippen LogP contribution in [-0.2, 0) is 22.4 Å². The first-order chi connectivity index (χ1) is 13.2. The molecule has 0 aromatic carbocycles. The van der Waals surface area contributed by atoms with Crippen molar-refractivity contribution in [1.82, 2.24) is 20.2 Å². The fraction of sp³-hybridized carbons (Fsp3) is 0.684. The Morgan fingerprint density at radius 2 is 1.85 bits per heavy atom. The van der Waals surface area contributed by atoms with E-state index in [1.54, 1.807) is 11.9 Å². The summed E-state index contributed by atoms with van der Waals surface area (Å²) in [7, 11) is 1.58. The quantitative estimate of drug-likeness (QED) is 0.832. The highest BCUT2D eigenvalue weighted by molar-refractivity contribution is 5.95. The van der Waals surface area contributed by atoms with Crippen LogP contribution >= 0.6 is 0 Å². The SMILES string of the molecule is CNC(=O)C1CN(C(=O)c2nc(N3CCCC3)nc3c2CCCC3)CCO1. The Kier molecular flexibility index (Phi) is 5.24. The zero-order valence-electron chi connectivity index (χ0n) is 15.9. The van der Waals surface area contributed by atoms with Crippen molar-refractivity contribution in [2.75, 3.05) is 44.7 Å². The van der Waals surface area contributed by atoms with Gasteiger partial charge >= 0.3 is 0 Å². The van der Waals surface area contributed by atoms with E-state index in [4.69, 9.17) is 14.7 Å². The molecule has 0 bridgehead atoms. The number of aromatic nitrogens is 2. The number of carbonyl (C=O) groups is 2. The Morgan fingerprint density at radius 1 is 1.07 bits per heavy atom. The number of ether oxygens (including phenoxy) is 1. The number of hydrogen-bond donors (Lipinski definition) is 1. The van der Waals surface area contributed by atoms with Crippen molar-refractivity contribution in [3.8, 4) is 0 Å².